The summed E-state index contributed by atoms with van der Waals surface area (Å²) in [7, 11) is 0. The third-order valence-corrected chi connectivity index (χ3v) is 3.48. The molecule has 0 aliphatic carbocycles. The maximum absolute atomic E-state index is 11.9. The van der Waals surface area contributed by atoms with Crippen LogP contribution in [0.4, 0.5) is 5.13 Å². The Hall–Kier alpha value is -2.67. The number of aromatic hydroxyl groups is 1. The highest BCUT2D eigenvalue weighted by Gasteiger charge is 2.14. The molecule has 1 amide bonds. The number of benzene rings is 1. The molecule has 0 spiro atoms. The molecule has 21 heavy (non-hydrogen) atoms. The van der Waals surface area contributed by atoms with Gasteiger partial charge in [-0.05, 0) is 19.1 Å². The molecule has 6 nitrogen and oxygen atoms in total. The molecule has 2 N–H and O–H groups in total. The number of anilines is 1. The number of phenolic OH excluding ortho intramolecular Hbond substituents is 1. The molecule has 1 aromatic carbocycles. The van der Waals surface area contributed by atoms with E-state index < -0.39 is 5.91 Å². The number of nitrogens with one attached hydrogen (secondary N) is 1. The minimum absolute atomic E-state index is 0.140. The predicted octanol–water partition coefficient (Wildman–Crippen LogP) is 3.06. The standard InChI is InChI=1S/C14H11N3O3S/c1-8-5-12(20-17-8)13(19)16-14-15-11(7-21-14)9-3-2-4-10(18)6-9/h2-7,18H,1H3,(H,15,16,19). The number of hydrogen-bond donors (Lipinski definition) is 2. The van der Waals surface area contributed by atoms with E-state index in [1.165, 1.54) is 11.3 Å². The first-order chi connectivity index (χ1) is 10.1. The van der Waals surface area contributed by atoms with Gasteiger partial charge in [-0.25, -0.2) is 4.98 Å². The van der Waals surface area contributed by atoms with Crippen molar-refractivity contribution in [1.82, 2.24) is 10.1 Å². The van der Waals surface area contributed by atoms with Gasteiger partial charge in [0.2, 0.25) is 5.76 Å². The normalized spacial score (nSPS) is 10.5. The van der Waals surface area contributed by atoms with Crippen LogP contribution in [-0.2, 0) is 0 Å². The third-order valence-electron chi connectivity index (χ3n) is 2.72. The maximum Gasteiger partial charge on any atom is 0.296 e. The zero-order chi connectivity index (χ0) is 14.8. The second kappa shape index (κ2) is 5.37. The van der Waals surface area contributed by atoms with Crippen molar-refractivity contribution in [1.29, 1.82) is 0 Å². The van der Waals surface area contributed by atoms with Crippen LogP contribution in [0.1, 0.15) is 16.2 Å². The van der Waals surface area contributed by atoms with Crippen molar-refractivity contribution >= 4 is 22.4 Å². The van der Waals surface area contributed by atoms with Gasteiger partial charge in [-0.2, -0.15) is 0 Å². The second-order valence-electron chi connectivity index (χ2n) is 4.37. The SMILES string of the molecule is Cc1cc(C(=O)Nc2nc(-c3cccc(O)c3)cs2)on1. The van der Waals surface area contributed by atoms with Crippen LogP contribution >= 0.6 is 11.3 Å². The number of hydrogen-bond acceptors (Lipinski definition) is 6. The molecule has 3 aromatic rings. The fourth-order valence-corrected chi connectivity index (χ4v) is 2.47. The fraction of sp³-hybridized carbons (Fsp3) is 0.0714. The fourth-order valence-electron chi connectivity index (χ4n) is 1.76. The molecule has 3 rings (SSSR count). The molecule has 0 fully saturated rings. The van der Waals surface area contributed by atoms with Crippen molar-refractivity contribution in [3.63, 3.8) is 0 Å². The lowest BCUT2D eigenvalue weighted by Gasteiger charge is -1.98. The maximum atomic E-state index is 11.9. The first kappa shape index (κ1) is 13.3. The zero-order valence-electron chi connectivity index (χ0n) is 11.0. The van der Waals surface area contributed by atoms with E-state index in [1.54, 1.807) is 36.6 Å². The highest BCUT2D eigenvalue weighted by Crippen LogP contribution is 2.27. The summed E-state index contributed by atoms with van der Waals surface area (Å²) in [6.07, 6.45) is 0. The smallest absolute Gasteiger partial charge is 0.296 e. The Kier molecular flexibility index (Phi) is 3.41. The number of amides is 1. The Morgan fingerprint density at radius 1 is 1.38 bits per heavy atom. The molecule has 0 saturated heterocycles. The molecule has 0 radical (unpaired) electrons. The lowest BCUT2D eigenvalue weighted by molar-refractivity contribution is 0.0988. The van der Waals surface area contributed by atoms with Gasteiger partial charge < -0.3 is 9.63 Å². The summed E-state index contributed by atoms with van der Waals surface area (Å²) in [5, 5.41) is 18.0. The number of thiazole rings is 1. The molecular weight excluding hydrogens is 290 g/mol. The van der Waals surface area contributed by atoms with Crippen molar-refractivity contribution in [3.8, 4) is 17.0 Å². The van der Waals surface area contributed by atoms with E-state index in [-0.39, 0.29) is 11.5 Å². The van der Waals surface area contributed by atoms with E-state index in [4.69, 9.17) is 4.52 Å². The minimum Gasteiger partial charge on any atom is -0.508 e. The van der Waals surface area contributed by atoms with E-state index in [1.807, 2.05) is 6.07 Å². The van der Waals surface area contributed by atoms with Crippen LogP contribution in [0.2, 0.25) is 0 Å². The monoisotopic (exact) mass is 301 g/mol. The number of rotatable bonds is 3. The lowest BCUT2D eigenvalue weighted by Crippen LogP contribution is -2.10. The Balaban J connectivity index is 1.78. The predicted molar refractivity (Wildman–Crippen MR) is 78.4 cm³/mol. The zero-order valence-corrected chi connectivity index (χ0v) is 11.8. The Morgan fingerprint density at radius 2 is 2.24 bits per heavy atom. The first-order valence-electron chi connectivity index (χ1n) is 6.11. The molecule has 2 aromatic heterocycles. The summed E-state index contributed by atoms with van der Waals surface area (Å²) in [6, 6.07) is 8.32. The summed E-state index contributed by atoms with van der Waals surface area (Å²) < 4.78 is 4.89. The van der Waals surface area contributed by atoms with Crippen LogP contribution in [-0.4, -0.2) is 21.2 Å². The van der Waals surface area contributed by atoms with E-state index in [2.05, 4.69) is 15.5 Å². The van der Waals surface area contributed by atoms with Crippen LogP contribution in [0.15, 0.2) is 40.2 Å². The number of aromatic nitrogens is 2. The molecule has 0 atom stereocenters. The molecule has 0 unspecified atom stereocenters. The van der Waals surface area contributed by atoms with Crippen molar-refractivity contribution < 1.29 is 14.4 Å². The molecule has 106 valence electrons. The Morgan fingerprint density at radius 3 is 2.95 bits per heavy atom. The second-order valence-corrected chi connectivity index (χ2v) is 5.23. The topological polar surface area (TPSA) is 88.2 Å². The molecule has 7 heteroatoms. The van der Waals surface area contributed by atoms with Gasteiger partial charge >= 0.3 is 0 Å². The van der Waals surface area contributed by atoms with Gasteiger partial charge in [-0.1, -0.05) is 17.3 Å². The summed E-state index contributed by atoms with van der Waals surface area (Å²) in [5.41, 5.74) is 2.10. The third kappa shape index (κ3) is 2.92. The minimum atomic E-state index is -0.396. The number of nitrogens with zero attached hydrogens (tertiary/aromatic N) is 2. The number of phenols is 1. The van der Waals surface area contributed by atoms with Crippen molar-refractivity contribution in [2.24, 2.45) is 0 Å². The first-order valence-corrected chi connectivity index (χ1v) is 6.99. The molecule has 2 heterocycles. The van der Waals surface area contributed by atoms with Gasteiger partial charge in [0.15, 0.2) is 5.13 Å². The molecule has 0 aliphatic rings. The van der Waals surface area contributed by atoms with Gasteiger partial charge in [-0.3, -0.25) is 10.1 Å². The van der Waals surface area contributed by atoms with E-state index >= 15 is 0 Å². The number of carbonyl (C=O) groups excluding carboxylic acids is 1. The Bertz CT molecular complexity index is 794. The summed E-state index contributed by atoms with van der Waals surface area (Å²) >= 11 is 1.29. The van der Waals surface area contributed by atoms with Crippen molar-refractivity contribution in [2.75, 3.05) is 5.32 Å². The van der Waals surface area contributed by atoms with E-state index in [0.717, 1.165) is 5.56 Å². The van der Waals surface area contributed by atoms with Gasteiger partial charge in [0.1, 0.15) is 5.75 Å². The van der Waals surface area contributed by atoms with Gasteiger partial charge in [0.05, 0.1) is 11.4 Å². The summed E-state index contributed by atoms with van der Waals surface area (Å²) in [5.74, 6) is -0.0859. The van der Waals surface area contributed by atoms with Crippen LogP contribution in [0, 0.1) is 6.92 Å². The van der Waals surface area contributed by atoms with E-state index in [0.29, 0.717) is 16.5 Å². The lowest BCUT2D eigenvalue weighted by atomic mass is 10.2. The average molecular weight is 301 g/mol. The average Bonchev–Trinajstić information content (AvgIpc) is 3.08. The summed E-state index contributed by atoms with van der Waals surface area (Å²) in [6.45, 7) is 1.74. The number of carbonyl (C=O) groups is 1. The van der Waals surface area contributed by atoms with Crippen LogP contribution in [0.5, 0.6) is 5.75 Å². The van der Waals surface area contributed by atoms with Gasteiger partial charge in [0.25, 0.3) is 5.91 Å². The van der Waals surface area contributed by atoms with Crippen LogP contribution < -0.4 is 5.32 Å². The summed E-state index contributed by atoms with van der Waals surface area (Å²) in [4.78, 5) is 16.2. The van der Waals surface area contributed by atoms with Gasteiger partial charge in [-0.15, -0.1) is 11.3 Å². The van der Waals surface area contributed by atoms with E-state index in [9.17, 15) is 9.90 Å². The van der Waals surface area contributed by atoms with Crippen molar-refractivity contribution in [2.45, 2.75) is 6.92 Å². The largest absolute Gasteiger partial charge is 0.508 e. The highest BCUT2D eigenvalue weighted by atomic mass is 32.1. The number of aryl methyl sites for hydroxylation is 1. The molecular formula is C14H11N3O3S. The van der Waals surface area contributed by atoms with Crippen molar-refractivity contribution in [3.05, 3.63) is 47.2 Å². The van der Waals surface area contributed by atoms with Gasteiger partial charge in [0, 0.05) is 17.0 Å². The Labute approximate surface area is 124 Å². The molecule has 0 saturated carbocycles. The van der Waals surface area contributed by atoms with Crippen LogP contribution in [0.3, 0.4) is 0 Å². The molecule has 0 aliphatic heterocycles. The molecule has 0 bridgehead atoms. The highest BCUT2D eigenvalue weighted by molar-refractivity contribution is 7.14. The van der Waals surface area contributed by atoms with Crippen LogP contribution in [0.25, 0.3) is 11.3 Å². The quantitative estimate of drug-likeness (QED) is 0.776.